The number of aryl methyl sites for hydroxylation is 1. The molecule has 9 heteroatoms. The topological polar surface area (TPSA) is 80.6 Å². The van der Waals surface area contributed by atoms with Crippen molar-refractivity contribution in [3.8, 4) is 0 Å². The van der Waals surface area contributed by atoms with Gasteiger partial charge in [0.15, 0.2) is 5.60 Å². The summed E-state index contributed by atoms with van der Waals surface area (Å²) in [5.74, 6) is -1.11. The lowest BCUT2D eigenvalue weighted by atomic mass is 9.83. The molecule has 0 bridgehead atoms. The molecule has 2 aromatic heterocycles. The summed E-state index contributed by atoms with van der Waals surface area (Å²) in [6, 6.07) is 11.5. The number of halogens is 1. The number of morpholine rings is 1. The second-order valence-corrected chi connectivity index (χ2v) is 8.49. The van der Waals surface area contributed by atoms with E-state index in [0.717, 1.165) is 11.1 Å². The third kappa shape index (κ3) is 3.89. The number of rotatable bonds is 4. The number of amides is 2. The third-order valence-corrected chi connectivity index (χ3v) is 6.36. The highest BCUT2D eigenvalue weighted by molar-refractivity contribution is 5.95. The number of carbonyl (C=O) groups excluding carboxylic acids is 2. The van der Waals surface area contributed by atoms with Gasteiger partial charge in [0, 0.05) is 51.2 Å². The van der Waals surface area contributed by atoms with Crippen LogP contribution in [0.4, 0.5) is 4.39 Å². The Morgan fingerprint density at radius 3 is 2.76 bits per heavy atom. The minimum Gasteiger partial charge on any atom is -0.361 e. The lowest BCUT2D eigenvalue weighted by Crippen LogP contribution is -2.60. The molecule has 0 N–H and O–H groups in total. The van der Waals surface area contributed by atoms with E-state index in [-0.39, 0.29) is 30.1 Å². The van der Waals surface area contributed by atoms with Crippen molar-refractivity contribution in [3.63, 3.8) is 0 Å². The van der Waals surface area contributed by atoms with Crippen molar-refractivity contribution in [2.75, 3.05) is 26.2 Å². The molecule has 8 nitrogen and oxygen atoms in total. The fourth-order valence-corrected chi connectivity index (χ4v) is 4.72. The van der Waals surface area contributed by atoms with Gasteiger partial charge >= 0.3 is 0 Å². The van der Waals surface area contributed by atoms with Gasteiger partial charge in [0.1, 0.15) is 11.5 Å². The zero-order valence-corrected chi connectivity index (χ0v) is 18.2. The lowest BCUT2D eigenvalue weighted by molar-refractivity contribution is -0.172. The number of benzene rings is 1. The van der Waals surface area contributed by atoms with Crippen LogP contribution in [0.5, 0.6) is 0 Å². The summed E-state index contributed by atoms with van der Waals surface area (Å²) in [5, 5.41) is 4.23. The van der Waals surface area contributed by atoms with Crippen LogP contribution in [-0.4, -0.2) is 68.2 Å². The smallest absolute Gasteiger partial charge is 0.274 e. The maximum atomic E-state index is 13.9. The average molecular weight is 449 g/mol. The molecule has 5 rings (SSSR count). The van der Waals surface area contributed by atoms with Gasteiger partial charge in [-0.05, 0) is 35.4 Å². The van der Waals surface area contributed by atoms with E-state index in [0.29, 0.717) is 31.9 Å². The van der Waals surface area contributed by atoms with Gasteiger partial charge in [-0.3, -0.25) is 19.3 Å². The second kappa shape index (κ2) is 8.40. The number of hydrogen-bond donors (Lipinski definition) is 0. The average Bonchev–Trinajstić information content (AvgIpc) is 3.43. The van der Waals surface area contributed by atoms with E-state index in [1.165, 1.54) is 12.1 Å². The van der Waals surface area contributed by atoms with Crippen molar-refractivity contribution < 1.29 is 18.7 Å². The molecule has 1 spiro atoms. The molecule has 2 saturated heterocycles. The van der Waals surface area contributed by atoms with Gasteiger partial charge < -0.3 is 14.5 Å². The predicted molar refractivity (Wildman–Crippen MR) is 117 cm³/mol. The summed E-state index contributed by atoms with van der Waals surface area (Å²) in [6.45, 7) is 1.55. The summed E-state index contributed by atoms with van der Waals surface area (Å²) in [5.41, 5.74) is 0.780. The number of pyridine rings is 1. The van der Waals surface area contributed by atoms with Crippen molar-refractivity contribution in [1.82, 2.24) is 24.6 Å². The van der Waals surface area contributed by atoms with E-state index < -0.39 is 5.60 Å². The third-order valence-electron chi connectivity index (χ3n) is 6.36. The Labute approximate surface area is 190 Å². The van der Waals surface area contributed by atoms with Gasteiger partial charge in [0.25, 0.3) is 11.8 Å². The summed E-state index contributed by atoms with van der Waals surface area (Å²) in [7, 11) is 1.75. The number of hydrogen-bond acceptors (Lipinski definition) is 5. The molecule has 2 aliphatic heterocycles. The van der Waals surface area contributed by atoms with Gasteiger partial charge in [0.2, 0.25) is 0 Å². The zero-order valence-electron chi connectivity index (χ0n) is 18.2. The van der Waals surface area contributed by atoms with E-state index in [4.69, 9.17) is 4.74 Å². The highest BCUT2D eigenvalue weighted by Gasteiger charge is 2.58. The Morgan fingerprint density at radius 1 is 1.24 bits per heavy atom. The molecule has 2 amide bonds. The number of ether oxygens (including phenoxy) is 1. The van der Waals surface area contributed by atoms with Crippen LogP contribution in [-0.2, 0) is 23.1 Å². The number of aromatic nitrogens is 3. The van der Waals surface area contributed by atoms with Crippen LogP contribution in [0.2, 0.25) is 0 Å². The Balaban J connectivity index is 1.47. The molecule has 0 aliphatic carbocycles. The van der Waals surface area contributed by atoms with Crippen LogP contribution in [0.3, 0.4) is 0 Å². The van der Waals surface area contributed by atoms with Crippen LogP contribution in [0.15, 0.2) is 61.1 Å². The minimum atomic E-state index is -1.22. The zero-order chi connectivity index (χ0) is 23.0. The van der Waals surface area contributed by atoms with Crippen LogP contribution < -0.4 is 0 Å². The van der Waals surface area contributed by atoms with Crippen LogP contribution in [0.1, 0.15) is 27.5 Å². The van der Waals surface area contributed by atoms with Crippen LogP contribution >= 0.6 is 0 Å². The molecule has 0 unspecified atom stereocenters. The van der Waals surface area contributed by atoms with Crippen molar-refractivity contribution in [1.29, 1.82) is 0 Å². The molecular formula is C24H24FN5O3. The van der Waals surface area contributed by atoms with Gasteiger partial charge in [-0.1, -0.05) is 18.2 Å². The fraction of sp³-hybridized carbons (Fsp3) is 0.333. The highest BCUT2D eigenvalue weighted by Crippen LogP contribution is 2.42. The first-order valence-electron chi connectivity index (χ1n) is 10.8. The normalized spacial score (nSPS) is 22.8. The SMILES string of the molecule is Cn1ccc(C(=O)N2C[C@@H](c3cccnc3)[C@@]3(C2)OCCN(Cc2ccc(F)cc2)C3=O)n1. The second-order valence-electron chi connectivity index (χ2n) is 8.49. The lowest BCUT2D eigenvalue weighted by Gasteiger charge is -2.42. The predicted octanol–water partition coefficient (Wildman–Crippen LogP) is 1.99. The summed E-state index contributed by atoms with van der Waals surface area (Å²) >= 11 is 0. The Bertz CT molecular complexity index is 1170. The summed E-state index contributed by atoms with van der Waals surface area (Å²) < 4.78 is 21.1. The first-order valence-corrected chi connectivity index (χ1v) is 10.8. The quantitative estimate of drug-likeness (QED) is 0.609. The molecule has 2 fully saturated rings. The van der Waals surface area contributed by atoms with Crippen molar-refractivity contribution in [2.24, 2.45) is 7.05 Å². The van der Waals surface area contributed by atoms with Gasteiger partial charge in [-0.25, -0.2) is 4.39 Å². The van der Waals surface area contributed by atoms with Crippen LogP contribution in [0, 0.1) is 5.82 Å². The Morgan fingerprint density at radius 2 is 2.06 bits per heavy atom. The van der Waals surface area contributed by atoms with Gasteiger partial charge in [0.05, 0.1) is 13.2 Å². The monoisotopic (exact) mass is 449 g/mol. The Hall–Kier alpha value is -3.59. The van der Waals surface area contributed by atoms with Crippen molar-refractivity contribution >= 4 is 11.8 Å². The molecule has 4 heterocycles. The summed E-state index contributed by atoms with van der Waals surface area (Å²) in [4.78, 5) is 34.6. The van der Waals surface area contributed by atoms with Crippen molar-refractivity contribution in [3.05, 3.63) is 83.7 Å². The first-order chi connectivity index (χ1) is 16.0. The number of carbonyl (C=O) groups is 2. The van der Waals surface area contributed by atoms with E-state index in [1.54, 1.807) is 58.3 Å². The van der Waals surface area contributed by atoms with E-state index in [9.17, 15) is 14.0 Å². The van der Waals surface area contributed by atoms with Crippen molar-refractivity contribution in [2.45, 2.75) is 18.1 Å². The molecule has 1 aromatic carbocycles. The number of nitrogens with zero attached hydrogens (tertiary/aromatic N) is 5. The molecule has 3 aromatic rings. The molecule has 2 aliphatic rings. The Kier molecular flexibility index (Phi) is 5.41. The van der Waals surface area contributed by atoms with E-state index in [2.05, 4.69) is 10.1 Å². The minimum absolute atomic E-state index is 0.126. The highest BCUT2D eigenvalue weighted by atomic mass is 19.1. The molecule has 170 valence electrons. The molecule has 0 radical (unpaired) electrons. The maximum absolute atomic E-state index is 13.9. The largest absolute Gasteiger partial charge is 0.361 e. The molecular weight excluding hydrogens is 425 g/mol. The van der Waals surface area contributed by atoms with Gasteiger partial charge in [-0.15, -0.1) is 0 Å². The molecule has 0 saturated carbocycles. The number of likely N-dealkylation sites (tertiary alicyclic amines) is 1. The molecule has 2 atom stereocenters. The molecule has 33 heavy (non-hydrogen) atoms. The summed E-state index contributed by atoms with van der Waals surface area (Å²) in [6.07, 6.45) is 5.10. The standard InChI is InChI=1S/C24H24FN5O3/c1-28-10-8-21(27-28)22(31)30-15-20(18-3-2-9-26-13-18)24(16-30)23(32)29(11-12-33-24)14-17-4-6-19(25)7-5-17/h2-10,13,20H,11-12,14-16H2,1H3/t20-,24+/m0/s1. The van der Waals surface area contributed by atoms with Crippen LogP contribution in [0.25, 0.3) is 0 Å². The first kappa shape index (κ1) is 21.3. The van der Waals surface area contributed by atoms with Gasteiger partial charge in [-0.2, -0.15) is 5.10 Å². The van der Waals surface area contributed by atoms with E-state index in [1.807, 2.05) is 12.1 Å². The maximum Gasteiger partial charge on any atom is 0.274 e. The van der Waals surface area contributed by atoms with E-state index >= 15 is 0 Å². The fourth-order valence-electron chi connectivity index (χ4n) is 4.72.